The Bertz CT molecular complexity index is 421. The van der Waals surface area contributed by atoms with Crippen molar-refractivity contribution < 1.29 is 14.6 Å². The summed E-state index contributed by atoms with van der Waals surface area (Å²) in [7, 11) is 1.57. The van der Waals surface area contributed by atoms with Crippen molar-refractivity contribution in [3.05, 3.63) is 22.7 Å². The fourth-order valence-corrected chi connectivity index (χ4v) is 1.75. The molecule has 1 unspecified atom stereocenters. The average molecular weight is 243 g/mol. The predicted octanol–water partition coefficient (Wildman–Crippen LogP) is 1.93. The molecule has 0 aliphatic heterocycles. The molecule has 1 N–H and O–H groups in total. The number of carboxylic acids is 1. The van der Waals surface area contributed by atoms with E-state index in [0.717, 1.165) is 12.8 Å². The van der Waals surface area contributed by atoms with Gasteiger partial charge in [0.05, 0.1) is 11.2 Å². The molecule has 1 fully saturated rings. The third kappa shape index (κ3) is 2.15. The van der Waals surface area contributed by atoms with Gasteiger partial charge < -0.3 is 9.84 Å². The van der Waals surface area contributed by atoms with Crippen LogP contribution in [0, 0.1) is 5.92 Å². The van der Waals surface area contributed by atoms with Crippen molar-refractivity contribution in [2.45, 2.75) is 18.9 Å². The summed E-state index contributed by atoms with van der Waals surface area (Å²) in [5.74, 6) is -0.362. The molecule has 1 atom stereocenters. The molecule has 0 spiro atoms. The summed E-state index contributed by atoms with van der Waals surface area (Å²) in [6.45, 7) is 0. The van der Waals surface area contributed by atoms with Crippen molar-refractivity contribution in [2.24, 2.45) is 5.92 Å². The maximum atomic E-state index is 10.9. The van der Waals surface area contributed by atoms with E-state index in [-0.39, 0.29) is 16.8 Å². The summed E-state index contributed by atoms with van der Waals surface area (Å²) in [5.41, 5.74) is -0.172. The van der Waals surface area contributed by atoms with E-state index in [9.17, 15) is 4.79 Å². The van der Waals surface area contributed by atoms with Crippen molar-refractivity contribution in [2.75, 3.05) is 7.11 Å². The smallest absolute Gasteiger partial charge is 0.356 e. The molecule has 6 heteroatoms. The van der Waals surface area contributed by atoms with Gasteiger partial charge in [0.2, 0.25) is 0 Å². The largest absolute Gasteiger partial charge is 0.476 e. The fourth-order valence-electron chi connectivity index (χ4n) is 1.58. The number of hydrogen-bond acceptors (Lipinski definition) is 4. The Hall–Kier alpha value is -1.20. The molecule has 86 valence electrons. The van der Waals surface area contributed by atoms with Crippen LogP contribution in [0.1, 0.15) is 35.3 Å². The second kappa shape index (κ2) is 4.35. The van der Waals surface area contributed by atoms with Crippen LogP contribution in [0.4, 0.5) is 0 Å². The first-order chi connectivity index (χ1) is 7.63. The average Bonchev–Trinajstić information content (AvgIpc) is 3.05. The number of carboxylic acid groups (broad SMARTS) is 1. The highest BCUT2D eigenvalue weighted by molar-refractivity contribution is 6.33. The molecule has 16 heavy (non-hydrogen) atoms. The maximum Gasteiger partial charge on any atom is 0.356 e. The molecular formula is C10H11ClN2O3. The van der Waals surface area contributed by atoms with Gasteiger partial charge in [-0.15, -0.1) is 0 Å². The van der Waals surface area contributed by atoms with Crippen LogP contribution < -0.4 is 0 Å². The first-order valence-corrected chi connectivity index (χ1v) is 5.29. The Morgan fingerprint density at radius 1 is 1.69 bits per heavy atom. The van der Waals surface area contributed by atoms with Crippen molar-refractivity contribution in [1.82, 2.24) is 9.97 Å². The quantitative estimate of drug-likeness (QED) is 0.873. The zero-order valence-corrected chi connectivity index (χ0v) is 9.44. The topological polar surface area (TPSA) is 72.3 Å². The van der Waals surface area contributed by atoms with Crippen LogP contribution in [0.3, 0.4) is 0 Å². The number of hydrogen-bond donors (Lipinski definition) is 1. The molecule has 0 bridgehead atoms. The number of ether oxygens (including phenoxy) is 1. The molecule has 5 nitrogen and oxygen atoms in total. The van der Waals surface area contributed by atoms with E-state index in [2.05, 4.69) is 9.97 Å². The Kier molecular flexibility index (Phi) is 3.07. The van der Waals surface area contributed by atoms with Gasteiger partial charge in [0.1, 0.15) is 6.10 Å². The van der Waals surface area contributed by atoms with E-state index in [0.29, 0.717) is 11.7 Å². The summed E-state index contributed by atoms with van der Waals surface area (Å²) in [6.07, 6.45) is 3.21. The van der Waals surface area contributed by atoms with Crippen LogP contribution in [0.15, 0.2) is 6.20 Å². The van der Waals surface area contributed by atoms with E-state index in [1.54, 1.807) is 7.11 Å². The highest BCUT2D eigenvalue weighted by Crippen LogP contribution is 2.41. The fraction of sp³-hybridized carbons (Fsp3) is 0.500. The standard InChI is InChI=1S/C10H11ClN2O3/c1-16-8(5-2-3-5)9-12-4-6(11)7(13-9)10(14)15/h4-5,8H,2-3H2,1H3,(H,14,15). The molecule has 2 rings (SSSR count). The van der Waals surface area contributed by atoms with Gasteiger partial charge in [-0.3, -0.25) is 0 Å². The number of aromatic carboxylic acids is 1. The first kappa shape index (κ1) is 11.3. The lowest BCUT2D eigenvalue weighted by Gasteiger charge is -2.13. The Balaban J connectivity index is 2.33. The number of methoxy groups -OCH3 is 1. The SMILES string of the molecule is COC(c1ncc(Cl)c(C(=O)O)n1)C1CC1. The van der Waals surface area contributed by atoms with Gasteiger partial charge in [-0.2, -0.15) is 0 Å². The minimum Gasteiger partial charge on any atom is -0.476 e. The van der Waals surface area contributed by atoms with Crippen LogP contribution >= 0.6 is 11.6 Å². The van der Waals surface area contributed by atoms with Crippen LogP contribution in [0.5, 0.6) is 0 Å². The zero-order valence-electron chi connectivity index (χ0n) is 8.68. The molecule has 1 heterocycles. The molecule has 0 saturated heterocycles. The third-order valence-electron chi connectivity index (χ3n) is 2.52. The van der Waals surface area contributed by atoms with Crippen molar-refractivity contribution in [3.8, 4) is 0 Å². The molecule has 1 saturated carbocycles. The third-order valence-corrected chi connectivity index (χ3v) is 2.80. The van der Waals surface area contributed by atoms with E-state index < -0.39 is 5.97 Å². The minimum absolute atomic E-state index is 0.0434. The molecule has 1 aliphatic carbocycles. The molecular weight excluding hydrogens is 232 g/mol. The Morgan fingerprint density at radius 2 is 2.38 bits per heavy atom. The van der Waals surface area contributed by atoms with Gasteiger partial charge in [0.15, 0.2) is 11.5 Å². The van der Waals surface area contributed by atoms with Crippen LogP contribution in [0.25, 0.3) is 0 Å². The Labute approximate surface area is 97.4 Å². The van der Waals surface area contributed by atoms with Gasteiger partial charge in [-0.05, 0) is 18.8 Å². The highest BCUT2D eigenvalue weighted by Gasteiger charge is 2.34. The van der Waals surface area contributed by atoms with Gasteiger partial charge >= 0.3 is 5.97 Å². The van der Waals surface area contributed by atoms with Crippen LogP contribution in [0.2, 0.25) is 5.02 Å². The number of carbonyl (C=O) groups is 1. The lowest BCUT2D eigenvalue weighted by atomic mass is 10.2. The van der Waals surface area contributed by atoms with Gasteiger partial charge in [-0.1, -0.05) is 11.6 Å². The van der Waals surface area contributed by atoms with Gasteiger partial charge in [0.25, 0.3) is 0 Å². The molecule has 0 aromatic carbocycles. The van der Waals surface area contributed by atoms with E-state index in [4.69, 9.17) is 21.4 Å². The number of halogens is 1. The van der Waals surface area contributed by atoms with Crippen molar-refractivity contribution >= 4 is 17.6 Å². The highest BCUT2D eigenvalue weighted by atomic mass is 35.5. The van der Waals surface area contributed by atoms with Crippen LogP contribution in [-0.4, -0.2) is 28.2 Å². The summed E-state index contributed by atoms with van der Waals surface area (Å²) >= 11 is 5.69. The summed E-state index contributed by atoms with van der Waals surface area (Å²) in [6, 6.07) is 0. The molecule has 0 radical (unpaired) electrons. The lowest BCUT2D eigenvalue weighted by molar-refractivity contribution is 0.0675. The predicted molar refractivity (Wildman–Crippen MR) is 56.5 cm³/mol. The monoisotopic (exact) mass is 242 g/mol. The summed E-state index contributed by atoms with van der Waals surface area (Å²) in [5, 5.41) is 8.93. The van der Waals surface area contributed by atoms with Crippen molar-refractivity contribution in [3.63, 3.8) is 0 Å². The number of rotatable bonds is 4. The molecule has 1 aliphatic rings. The normalized spacial score (nSPS) is 17.1. The molecule has 1 aromatic heterocycles. The zero-order chi connectivity index (χ0) is 11.7. The van der Waals surface area contributed by atoms with E-state index in [1.807, 2.05) is 0 Å². The van der Waals surface area contributed by atoms with Gasteiger partial charge in [0, 0.05) is 7.11 Å². The van der Waals surface area contributed by atoms with Gasteiger partial charge in [-0.25, -0.2) is 14.8 Å². The molecule has 1 aromatic rings. The summed E-state index contributed by atoms with van der Waals surface area (Å²) < 4.78 is 5.27. The number of nitrogens with zero attached hydrogens (tertiary/aromatic N) is 2. The van der Waals surface area contributed by atoms with Crippen LogP contribution in [-0.2, 0) is 4.74 Å². The maximum absolute atomic E-state index is 10.9. The second-order valence-corrected chi connectivity index (χ2v) is 4.13. The van der Waals surface area contributed by atoms with E-state index >= 15 is 0 Å². The second-order valence-electron chi connectivity index (χ2n) is 3.72. The number of aromatic nitrogens is 2. The Morgan fingerprint density at radius 3 is 2.88 bits per heavy atom. The lowest BCUT2D eigenvalue weighted by Crippen LogP contribution is -2.12. The summed E-state index contributed by atoms with van der Waals surface area (Å²) in [4.78, 5) is 18.8. The first-order valence-electron chi connectivity index (χ1n) is 4.92. The van der Waals surface area contributed by atoms with Crippen molar-refractivity contribution in [1.29, 1.82) is 0 Å². The van der Waals surface area contributed by atoms with E-state index in [1.165, 1.54) is 6.20 Å². The molecule has 0 amide bonds. The minimum atomic E-state index is -1.15.